The van der Waals surface area contributed by atoms with Gasteiger partial charge in [0.1, 0.15) is 0 Å². The van der Waals surface area contributed by atoms with Crippen LogP contribution in [-0.4, -0.2) is 45.2 Å². The van der Waals surface area contributed by atoms with Gasteiger partial charge in [0.15, 0.2) is 6.29 Å². The van der Waals surface area contributed by atoms with Crippen LogP contribution in [0, 0.1) is 5.41 Å². The number of oxime groups is 1. The monoisotopic (exact) mass is 348 g/mol. The van der Waals surface area contributed by atoms with Crippen LogP contribution in [0.2, 0.25) is 5.31 Å². The lowest BCUT2D eigenvalue weighted by Gasteiger charge is -2.31. The maximum absolute atomic E-state index is 12.1. The zero-order valence-electron chi connectivity index (χ0n) is 15.4. The number of hydrogen-bond donors (Lipinski definition) is 1. The SMILES string of the molecule is [B]C(C)(C)C(=O)NC1CC(C2(COC3CCCCO3)CCCC2)=NO1. The van der Waals surface area contributed by atoms with Crippen LogP contribution in [-0.2, 0) is 19.1 Å². The molecular formula is C18H29BN2O4. The largest absolute Gasteiger partial charge is 0.370 e. The summed E-state index contributed by atoms with van der Waals surface area (Å²) in [5.41, 5.74) is 0.916. The molecule has 2 radical (unpaired) electrons. The minimum absolute atomic E-state index is 0.0848. The maximum Gasteiger partial charge on any atom is 0.219 e. The second-order valence-corrected chi connectivity index (χ2v) is 8.13. The van der Waals surface area contributed by atoms with Gasteiger partial charge in [-0.2, -0.15) is 0 Å². The smallest absolute Gasteiger partial charge is 0.219 e. The van der Waals surface area contributed by atoms with Gasteiger partial charge in [-0.1, -0.05) is 31.8 Å². The summed E-state index contributed by atoms with van der Waals surface area (Å²) in [6.45, 7) is 4.75. The molecule has 0 spiro atoms. The molecule has 1 saturated heterocycles. The highest BCUT2D eigenvalue weighted by Crippen LogP contribution is 2.43. The normalized spacial score (nSPS) is 29.1. The van der Waals surface area contributed by atoms with Crippen LogP contribution in [0.25, 0.3) is 0 Å². The summed E-state index contributed by atoms with van der Waals surface area (Å²) in [4.78, 5) is 17.5. The molecule has 1 aliphatic carbocycles. The third kappa shape index (κ3) is 4.56. The molecule has 0 bridgehead atoms. The van der Waals surface area contributed by atoms with Crippen molar-refractivity contribution >= 4 is 19.5 Å². The highest BCUT2D eigenvalue weighted by molar-refractivity contribution is 6.27. The minimum atomic E-state index is -0.932. The van der Waals surface area contributed by atoms with Crippen molar-refractivity contribution in [3.63, 3.8) is 0 Å². The average molecular weight is 348 g/mol. The van der Waals surface area contributed by atoms with Crippen molar-refractivity contribution in [1.29, 1.82) is 0 Å². The van der Waals surface area contributed by atoms with E-state index in [2.05, 4.69) is 10.5 Å². The van der Waals surface area contributed by atoms with Gasteiger partial charge in [0.25, 0.3) is 0 Å². The van der Waals surface area contributed by atoms with Crippen LogP contribution in [0.5, 0.6) is 0 Å². The lowest BCUT2D eigenvalue weighted by molar-refractivity contribution is -0.173. The topological polar surface area (TPSA) is 69.2 Å². The van der Waals surface area contributed by atoms with Gasteiger partial charge >= 0.3 is 0 Å². The number of carbonyl (C=O) groups is 1. The Morgan fingerprint density at radius 2 is 2.12 bits per heavy atom. The van der Waals surface area contributed by atoms with Crippen LogP contribution in [0.4, 0.5) is 0 Å². The van der Waals surface area contributed by atoms with Crippen molar-refractivity contribution in [1.82, 2.24) is 5.32 Å². The molecule has 1 saturated carbocycles. The number of nitrogens with one attached hydrogen (secondary N) is 1. The maximum atomic E-state index is 12.1. The number of amides is 1. The summed E-state index contributed by atoms with van der Waals surface area (Å²) in [5, 5.41) is 6.21. The Morgan fingerprint density at radius 3 is 2.76 bits per heavy atom. The second-order valence-electron chi connectivity index (χ2n) is 8.13. The van der Waals surface area contributed by atoms with Gasteiger partial charge in [0.05, 0.1) is 20.2 Å². The van der Waals surface area contributed by atoms with Crippen molar-refractivity contribution in [2.45, 2.75) is 83.0 Å². The van der Waals surface area contributed by atoms with Gasteiger partial charge in [-0.25, -0.2) is 0 Å². The van der Waals surface area contributed by atoms with E-state index in [0.29, 0.717) is 13.0 Å². The quantitative estimate of drug-likeness (QED) is 0.750. The van der Waals surface area contributed by atoms with Gasteiger partial charge < -0.3 is 19.6 Å². The molecule has 1 amide bonds. The first kappa shape index (κ1) is 18.7. The van der Waals surface area contributed by atoms with E-state index >= 15 is 0 Å². The fraction of sp³-hybridized carbons (Fsp3) is 0.889. The second kappa shape index (κ2) is 7.66. The summed E-state index contributed by atoms with van der Waals surface area (Å²) >= 11 is 0. The zero-order valence-corrected chi connectivity index (χ0v) is 15.4. The van der Waals surface area contributed by atoms with Gasteiger partial charge in [0.2, 0.25) is 12.1 Å². The van der Waals surface area contributed by atoms with E-state index in [0.717, 1.165) is 44.4 Å². The lowest BCUT2D eigenvalue weighted by atomic mass is 9.72. The van der Waals surface area contributed by atoms with Crippen molar-refractivity contribution in [2.24, 2.45) is 10.6 Å². The first-order valence-electron chi connectivity index (χ1n) is 9.45. The third-order valence-corrected chi connectivity index (χ3v) is 5.40. The number of nitrogens with zero attached hydrogens (tertiary/aromatic N) is 1. The van der Waals surface area contributed by atoms with E-state index in [1.807, 2.05) is 0 Å². The molecule has 138 valence electrons. The zero-order chi connectivity index (χ0) is 17.9. The summed E-state index contributed by atoms with van der Waals surface area (Å²) in [5.74, 6) is -0.235. The van der Waals surface area contributed by atoms with Crippen LogP contribution < -0.4 is 5.32 Å². The molecule has 2 fully saturated rings. The van der Waals surface area contributed by atoms with Crippen molar-refractivity contribution in [3.05, 3.63) is 0 Å². The van der Waals surface area contributed by atoms with E-state index in [1.54, 1.807) is 13.8 Å². The van der Waals surface area contributed by atoms with E-state index in [9.17, 15) is 4.79 Å². The predicted molar refractivity (Wildman–Crippen MR) is 95.3 cm³/mol. The van der Waals surface area contributed by atoms with Crippen molar-refractivity contribution in [3.8, 4) is 0 Å². The number of carbonyl (C=O) groups excluding carboxylic acids is 1. The molecule has 1 N–H and O–H groups in total. The molecule has 0 aromatic heterocycles. The van der Waals surface area contributed by atoms with Gasteiger partial charge in [-0.05, 0) is 32.1 Å². The Balaban J connectivity index is 1.56. The molecule has 0 aromatic carbocycles. The Labute approximate surface area is 151 Å². The Kier molecular flexibility index (Phi) is 5.73. The van der Waals surface area contributed by atoms with E-state index in [-0.39, 0.29) is 17.6 Å². The summed E-state index contributed by atoms with van der Waals surface area (Å²) in [7, 11) is 5.83. The first-order chi connectivity index (χ1) is 11.9. The fourth-order valence-corrected chi connectivity index (χ4v) is 3.76. The molecular weight excluding hydrogens is 319 g/mol. The van der Waals surface area contributed by atoms with E-state index in [4.69, 9.17) is 22.2 Å². The van der Waals surface area contributed by atoms with E-state index < -0.39 is 11.5 Å². The molecule has 2 aliphatic heterocycles. The average Bonchev–Trinajstić information content (AvgIpc) is 3.23. The highest BCUT2D eigenvalue weighted by Gasteiger charge is 2.44. The molecule has 7 heteroatoms. The Morgan fingerprint density at radius 1 is 1.36 bits per heavy atom. The number of hydrogen-bond acceptors (Lipinski definition) is 5. The molecule has 2 atom stereocenters. The van der Waals surface area contributed by atoms with Crippen LogP contribution in [0.1, 0.15) is 65.2 Å². The van der Waals surface area contributed by atoms with Crippen molar-refractivity contribution < 1.29 is 19.1 Å². The molecule has 2 unspecified atom stereocenters. The Bertz CT molecular complexity index is 506. The predicted octanol–water partition coefficient (Wildman–Crippen LogP) is 2.68. The van der Waals surface area contributed by atoms with Crippen molar-refractivity contribution in [2.75, 3.05) is 13.2 Å². The van der Waals surface area contributed by atoms with Gasteiger partial charge in [0, 0.05) is 23.8 Å². The first-order valence-corrected chi connectivity index (χ1v) is 9.45. The molecule has 6 nitrogen and oxygen atoms in total. The molecule has 2 heterocycles. The highest BCUT2D eigenvalue weighted by atomic mass is 16.7. The minimum Gasteiger partial charge on any atom is -0.370 e. The fourth-order valence-electron chi connectivity index (χ4n) is 3.76. The molecule has 25 heavy (non-hydrogen) atoms. The van der Waals surface area contributed by atoms with E-state index in [1.165, 1.54) is 12.8 Å². The number of ether oxygens (including phenoxy) is 2. The summed E-state index contributed by atoms with van der Waals surface area (Å²) in [6, 6.07) is 0. The molecule has 3 rings (SSSR count). The third-order valence-electron chi connectivity index (χ3n) is 5.40. The van der Waals surface area contributed by atoms with Gasteiger partial charge in [-0.3, -0.25) is 4.79 Å². The standard InChI is InChI=1S/C18H29BN2O4/c1-17(2,19)16(22)20-14-11-13(21-25-14)18(8-4-5-9-18)12-24-15-7-3-6-10-23-15/h14-15H,3-12H2,1-2H3,(H,20,22). The van der Waals surface area contributed by atoms with Gasteiger partial charge in [-0.15, -0.1) is 0 Å². The summed E-state index contributed by atoms with van der Waals surface area (Å²) in [6.07, 6.45) is 7.73. The summed E-state index contributed by atoms with van der Waals surface area (Å²) < 4.78 is 11.8. The molecule has 0 aromatic rings. The Hall–Kier alpha value is -1.08. The van der Waals surface area contributed by atoms with Crippen LogP contribution in [0.3, 0.4) is 0 Å². The van der Waals surface area contributed by atoms with Crippen LogP contribution >= 0.6 is 0 Å². The van der Waals surface area contributed by atoms with Crippen LogP contribution in [0.15, 0.2) is 5.16 Å². The molecule has 3 aliphatic rings. The lowest BCUT2D eigenvalue weighted by Crippen LogP contribution is -2.42. The number of rotatable bonds is 6.